The van der Waals surface area contributed by atoms with Crippen LogP contribution in [0.15, 0.2) is 24.3 Å². The van der Waals surface area contributed by atoms with E-state index in [4.69, 9.17) is 5.73 Å². The molecule has 0 bridgehead atoms. The number of aromatic nitrogens is 2. The lowest BCUT2D eigenvalue weighted by atomic mass is 10.0. The fourth-order valence-corrected chi connectivity index (χ4v) is 4.52. The maximum absolute atomic E-state index is 11.6. The van der Waals surface area contributed by atoms with Gasteiger partial charge in [0.1, 0.15) is 5.82 Å². The predicted octanol–water partition coefficient (Wildman–Crippen LogP) is 2.11. The van der Waals surface area contributed by atoms with Gasteiger partial charge in [0.25, 0.3) is 0 Å². The van der Waals surface area contributed by atoms with E-state index in [-0.39, 0.29) is 17.5 Å². The van der Waals surface area contributed by atoms with Crippen LogP contribution in [0.4, 0.5) is 5.82 Å². The average molecular weight is 305 g/mol. The van der Waals surface area contributed by atoms with Gasteiger partial charge in [-0.3, -0.25) is 0 Å². The first-order valence-corrected chi connectivity index (χ1v) is 8.81. The fraction of sp³-hybridized carbons (Fsp3) is 0.400. The highest BCUT2D eigenvalue weighted by Crippen LogP contribution is 2.30. The van der Waals surface area contributed by atoms with Gasteiger partial charge < -0.3 is 5.73 Å². The molecule has 0 spiro atoms. The number of sulfone groups is 1. The van der Waals surface area contributed by atoms with Crippen LogP contribution >= 0.6 is 0 Å². The van der Waals surface area contributed by atoms with Crippen molar-refractivity contribution >= 4 is 15.7 Å². The fourth-order valence-electron chi connectivity index (χ4n) is 2.83. The van der Waals surface area contributed by atoms with Crippen LogP contribution in [0.3, 0.4) is 0 Å². The van der Waals surface area contributed by atoms with Crippen molar-refractivity contribution in [1.82, 2.24) is 9.78 Å². The van der Waals surface area contributed by atoms with Gasteiger partial charge in [0.15, 0.2) is 9.84 Å². The van der Waals surface area contributed by atoms with E-state index >= 15 is 0 Å². The van der Waals surface area contributed by atoms with Crippen molar-refractivity contribution in [2.45, 2.75) is 26.3 Å². The number of anilines is 1. The number of nitrogens with two attached hydrogens (primary N) is 1. The van der Waals surface area contributed by atoms with Gasteiger partial charge in [-0.25, -0.2) is 13.1 Å². The van der Waals surface area contributed by atoms with Crippen LogP contribution in [-0.4, -0.2) is 29.7 Å². The summed E-state index contributed by atoms with van der Waals surface area (Å²) in [5.41, 5.74) is 10.3. The molecule has 21 heavy (non-hydrogen) atoms. The number of aryl methyl sites for hydroxylation is 1. The highest BCUT2D eigenvalue weighted by Gasteiger charge is 2.31. The van der Waals surface area contributed by atoms with E-state index in [1.165, 1.54) is 11.1 Å². The zero-order valence-corrected chi connectivity index (χ0v) is 13.0. The Balaban J connectivity index is 2.01. The van der Waals surface area contributed by atoms with Crippen molar-refractivity contribution < 1.29 is 8.42 Å². The van der Waals surface area contributed by atoms with Crippen molar-refractivity contribution in [3.63, 3.8) is 0 Å². The molecule has 1 unspecified atom stereocenters. The minimum Gasteiger partial charge on any atom is -0.384 e. The van der Waals surface area contributed by atoms with Crippen LogP contribution in [0.5, 0.6) is 0 Å². The summed E-state index contributed by atoms with van der Waals surface area (Å²) in [6.07, 6.45) is 0.584. The van der Waals surface area contributed by atoms with E-state index in [0.29, 0.717) is 12.2 Å². The van der Waals surface area contributed by atoms with E-state index in [1.807, 2.05) is 18.2 Å². The molecule has 1 aromatic carbocycles. The average Bonchev–Trinajstić information content (AvgIpc) is 2.95. The summed E-state index contributed by atoms with van der Waals surface area (Å²) in [6.45, 7) is 4.11. The molecule has 1 saturated heterocycles. The lowest BCUT2D eigenvalue weighted by Gasteiger charge is -2.10. The van der Waals surface area contributed by atoms with Gasteiger partial charge in [0.2, 0.25) is 0 Å². The Hall–Kier alpha value is -1.82. The standard InChI is InChI=1S/C15H19N3O2S/c1-10-4-3-5-13(11(10)2)14-8-15(16)18(17-14)12-6-7-21(19,20)9-12/h3-5,8,12H,6-7,9,16H2,1-2H3. The largest absolute Gasteiger partial charge is 0.384 e. The predicted molar refractivity (Wildman–Crippen MR) is 83.9 cm³/mol. The molecule has 1 atom stereocenters. The van der Waals surface area contributed by atoms with Crippen molar-refractivity contribution in [2.24, 2.45) is 0 Å². The molecule has 0 amide bonds. The smallest absolute Gasteiger partial charge is 0.152 e. The van der Waals surface area contributed by atoms with Crippen molar-refractivity contribution in [2.75, 3.05) is 17.2 Å². The summed E-state index contributed by atoms with van der Waals surface area (Å²) in [6, 6.07) is 7.75. The monoisotopic (exact) mass is 305 g/mol. The molecule has 6 heteroatoms. The molecular formula is C15H19N3O2S. The summed E-state index contributed by atoms with van der Waals surface area (Å²) >= 11 is 0. The van der Waals surface area contributed by atoms with Crippen molar-refractivity contribution in [3.05, 3.63) is 35.4 Å². The van der Waals surface area contributed by atoms with Gasteiger partial charge in [-0.15, -0.1) is 0 Å². The van der Waals surface area contributed by atoms with Crippen LogP contribution in [0, 0.1) is 13.8 Å². The second-order valence-electron chi connectivity index (χ2n) is 5.70. The highest BCUT2D eigenvalue weighted by atomic mass is 32.2. The molecule has 3 rings (SSSR count). The Kier molecular flexibility index (Phi) is 3.28. The van der Waals surface area contributed by atoms with Gasteiger partial charge in [-0.1, -0.05) is 18.2 Å². The van der Waals surface area contributed by atoms with Crippen LogP contribution in [0.25, 0.3) is 11.3 Å². The van der Waals surface area contributed by atoms with Gasteiger partial charge in [-0.05, 0) is 31.4 Å². The molecule has 1 fully saturated rings. The molecule has 0 aliphatic carbocycles. The maximum Gasteiger partial charge on any atom is 0.152 e. The van der Waals surface area contributed by atoms with Crippen molar-refractivity contribution in [1.29, 1.82) is 0 Å². The maximum atomic E-state index is 11.6. The SMILES string of the molecule is Cc1cccc(-c2cc(N)n(C3CCS(=O)(=O)C3)n2)c1C. The van der Waals surface area contributed by atoms with Crippen LogP contribution in [0.1, 0.15) is 23.6 Å². The van der Waals surface area contributed by atoms with E-state index in [9.17, 15) is 8.42 Å². The van der Waals surface area contributed by atoms with Gasteiger partial charge in [0.05, 0.1) is 23.2 Å². The molecule has 1 aliphatic heterocycles. The Bertz CT molecular complexity index is 793. The van der Waals surface area contributed by atoms with E-state index < -0.39 is 9.84 Å². The van der Waals surface area contributed by atoms with Crippen LogP contribution in [-0.2, 0) is 9.84 Å². The Morgan fingerprint density at radius 3 is 2.76 bits per heavy atom. The van der Waals surface area contributed by atoms with Crippen LogP contribution in [0.2, 0.25) is 0 Å². The first-order valence-electron chi connectivity index (χ1n) is 6.99. The van der Waals surface area contributed by atoms with Gasteiger partial charge in [-0.2, -0.15) is 5.10 Å². The lowest BCUT2D eigenvalue weighted by Crippen LogP contribution is -2.14. The summed E-state index contributed by atoms with van der Waals surface area (Å²) in [5, 5.41) is 4.56. The molecule has 2 heterocycles. The van der Waals surface area contributed by atoms with Gasteiger partial charge in [0, 0.05) is 11.6 Å². The summed E-state index contributed by atoms with van der Waals surface area (Å²) in [5.74, 6) is 0.869. The van der Waals surface area contributed by atoms with Gasteiger partial charge >= 0.3 is 0 Å². The zero-order valence-electron chi connectivity index (χ0n) is 12.2. The topological polar surface area (TPSA) is 78.0 Å². The lowest BCUT2D eigenvalue weighted by molar-refractivity contribution is 0.508. The minimum atomic E-state index is -2.95. The van der Waals surface area contributed by atoms with E-state index in [1.54, 1.807) is 4.68 Å². The number of hydrogen-bond acceptors (Lipinski definition) is 4. The first-order chi connectivity index (χ1) is 9.87. The summed E-state index contributed by atoms with van der Waals surface area (Å²) in [4.78, 5) is 0. The molecule has 2 aromatic rings. The quantitative estimate of drug-likeness (QED) is 0.921. The second-order valence-corrected chi connectivity index (χ2v) is 7.93. The third-order valence-electron chi connectivity index (χ3n) is 4.20. The number of hydrogen-bond donors (Lipinski definition) is 1. The highest BCUT2D eigenvalue weighted by molar-refractivity contribution is 7.91. The number of nitrogens with zero attached hydrogens (tertiary/aromatic N) is 2. The molecule has 2 N–H and O–H groups in total. The number of rotatable bonds is 2. The third kappa shape index (κ3) is 2.55. The number of benzene rings is 1. The minimum absolute atomic E-state index is 0.130. The van der Waals surface area contributed by atoms with E-state index in [0.717, 1.165) is 11.3 Å². The molecule has 1 aliphatic rings. The molecule has 5 nitrogen and oxygen atoms in total. The Morgan fingerprint density at radius 2 is 2.10 bits per heavy atom. The van der Waals surface area contributed by atoms with Crippen molar-refractivity contribution in [3.8, 4) is 11.3 Å². The summed E-state index contributed by atoms with van der Waals surface area (Å²) in [7, 11) is -2.95. The number of nitrogen functional groups attached to an aromatic ring is 1. The third-order valence-corrected chi connectivity index (χ3v) is 5.95. The van der Waals surface area contributed by atoms with Crippen LogP contribution < -0.4 is 5.73 Å². The first kappa shape index (κ1) is 14.1. The second kappa shape index (κ2) is 4.87. The normalized spacial score (nSPS) is 20.8. The molecular weight excluding hydrogens is 286 g/mol. The molecule has 1 aromatic heterocycles. The molecule has 112 valence electrons. The molecule has 0 saturated carbocycles. The molecule has 0 radical (unpaired) electrons. The van der Waals surface area contributed by atoms with E-state index in [2.05, 4.69) is 25.0 Å². The summed E-state index contributed by atoms with van der Waals surface area (Å²) < 4.78 is 24.9. The zero-order chi connectivity index (χ0) is 15.2. The Labute approximate surface area is 124 Å². The Morgan fingerprint density at radius 1 is 1.33 bits per heavy atom.